The van der Waals surface area contributed by atoms with Gasteiger partial charge in [-0.25, -0.2) is 0 Å². The van der Waals surface area contributed by atoms with Gasteiger partial charge in [-0.1, -0.05) is 36.8 Å². The maximum atomic E-state index is 12.4. The van der Waals surface area contributed by atoms with E-state index in [9.17, 15) is 4.79 Å². The van der Waals surface area contributed by atoms with E-state index in [0.29, 0.717) is 12.0 Å². The normalized spacial score (nSPS) is 16.3. The highest BCUT2D eigenvalue weighted by Crippen LogP contribution is 2.29. The zero-order chi connectivity index (χ0) is 14.4. The van der Waals surface area contributed by atoms with E-state index in [-0.39, 0.29) is 18.1 Å². The van der Waals surface area contributed by atoms with Crippen molar-refractivity contribution in [2.75, 3.05) is 6.61 Å². The number of nitrogens with one attached hydrogen (secondary N) is 1. The molecule has 0 aliphatic heterocycles. The molecular weight excluding hydrogens is 250 g/mol. The highest BCUT2D eigenvalue weighted by molar-refractivity contribution is 5.97. The van der Waals surface area contributed by atoms with Gasteiger partial charge in [0.1, 0.15) is 0 Å². The quantitative estimate of drug-likeness (QED) is 0.830. The fraction of sp³-hybridized carbons (Fsp3) is 0.471. The van der Waals surface area contributed by atoms with Crippen LogP contribution in [0.1, 0.15) is 54.9 Å². The Morgan fingerprint density at radius 1 is 1.35 bits per heavy atom. The van der Waals surface area contributed by atoms with E-state index in [4.69, 9.17) is 5.11 Å². The average Bonchev–Trinajstić information content (AvgIpc) is 2.86. The molecule has 0 unspecified atom stereocenters. The summed E-state index contributed by atoms with van der Waals surface area (Å²) >= 11 is 0. The van der Waals surface area contributed by atoms with E-state index in [2.05, 4.69) is 24.1 Å². The number of benzene rings is 1. The summed E-state index contributed by atoms with van der Waals surface area (Å²) in [6.45, 7) is 2.15. The van der Waals surface area contributed by atoms with Gasteiger partial charge in [0.15, 0.2) is 0 Å². The maximum Gasteiger partial charge on any atom is 0.252 e. The minimum absolute atomic E-state index is 0.0411. The van der Waals surface area contributed by atoms with Crippen molar-refractivity contribution in [1.82, 2.24) is 5.32 Å². The van der Waals surface area contributed by atoms with Crippen LogP contribution in [0.25, 0.3) is 0 Å². The third-order valence-electron chi connectivity index (χ3n) is 3.75. The van der Waals surface area contributed by atoms with Crippen molar-refractivity contribution in [2.45, 2.75) is 44.6 Å². The molecule has 0 bridgehead atoms. The van der Waals surface area contributed by atoms with Crippen molar-refractivity contribution < 1.29 is 9.90 Å². The molecule has 3 nitrogen and oxygen atoms in total. The Morgan fingerprint density at radius 3 is 2.75 bits per heavy atom. The molecule has 1 amide bonds. The van der Waals surface area contributed by atoms with Crippen LogP contribution in [0.15, 0.2) is 24.3 Å². The van der Waals surface area contributed by atoms with Gasteiger partial charge in [0.25, 0.3) is 5.91 Å². The predicted octanol–water partition coefficient (Wildman–Crippen LogP) is 2.48. The Hall–Kier alpha value is -1.79. The van der Waals surface area contributed by atoms with E-state index in [1.165, 1.54) is 12.8 Å². The zero-order valence-corrected chi connectivity index (χ0v) is 11.9. The molecule has 0 aromatic heterocycles. The van der Waals surface area contributed by atoms with Crippen LogP contribution in [-0.2, 0) is 0 Å². The summed E-state index contributed by atoms with van der Waals surface area (Å²) in [6.07, 6.45) is 4.85. The van der Waals surface area contributed by atoms with E-state index < -0.39 is 0 Å². The Bertz CT molecular complexity index is 533. The van der Waals surface area contributed by atoms with Gasteiger partial charge in [-0.3, -0.25) is 4.79 Å². The molecule has 1 aromatic carbocycles. The summed E-state index contributed by atoms with van der Waals surface area (Å²) in [5.41, 5.74) is 1.26. The topological polar surface area (TPSA) is 49.3 Å². The molecule has 0 radical (unpaired) electrons. The number of aliphatic hydroxyl groups excluding tert-OH is 1. The number of hydrogen-bond donors (Lipinski definition) is 2. The largest absolute Gasteiger partial charge is 0.395 e. The van der Waals surface area contributed by atoms with Crippen LogP contribution in [0.2, 0.25) is 0 Å². The summed E-state index contributed by atoms with van der Waals surface area (Å²) in [5.74, 6) is 5.78. The lowest BCUT2D eigenvalue weighted by Crippen LogP contribution is -2.43. The minimum atomic E-state index is -0.0806. The second-order valence-corrected chi connectivity index (χ2v) is 5.54. The number of carbonyl (C=O) groups excluding carboxylic acids is 1. The Labute approximate surface area is 120 Å². The molecule has 3 heteroatoms. The van der Waals surface area contributed by atoms with Crippen molar-refractivity contribution >= 4 is 5.91 Å². The lowest BCUT2D eigenvalue weighted by atomic mass is 9.99. The van der Waals surface area contributed by atoms with E-state index in [1.54, 1.807) is 6.07 Å². The SMILES string of the molecule is CC1(NC(=O)c2ccccc2C#CCCO)CCCC1. The van der Waals surface area contributed by atoms with E-state index in [1.807, 2.05) is 18.2 Å². The Balaban J connectivity index is 2.15. The van der Waals surface area contributed by atoms with Crippen LogP contribution in [0, 0.1) is 11.8 Å². The van der Waals surface area contributed by atoms with Crippen molar-refractivity contribution in [3.05, 3.63) is 35.4 Å². The van der Waals surface area contributed by atoms with Gasteiger partial charge in [0.2, 0.25) is 0 Å². The fourth-order valence-corrected chi connectivity index (χ4v) is 2.63. The van der Waals surface area contributed by atoms with Crippen LogP contribution in [-0.4, -0.2) is 23.2 Å². The maximum absolute atomic E-state index is 12.4. The Morgan fingerprint density at radius 2 is 2.05 bits per heavy atom. The second-order valence-electron chi connectivity index (χ2n) is 5.54. The molecule has 0 saturated heterocycles. The van der Waals surface area contributed by atoms with Crippen molar-refractivity contribution in [3.8, 4) is 11.8 Å². The van der Waals surface area contributed by atoms with Gasteiger partial charge < -0.3 is 10.4 Å². The monoisotopic (exact) mass is 271 g/mol. The summed E-state index contributed by atoms with van der Waals surface area (Å²) in [4.78, 5) is 12.4. The summed E-state index contributed by atoms with van der Waals surface area (Å²) in [5, 5.41) is 11.9. The first-order valence-electron chi connectivity index (χ1n) is 7.16. The van der Waals surface area contributed by atoms with Gasteiger partial charge in [0.05, 0.1) is 12.2 Å². The zero-order valence-electron chi connectivity index (χ0n) is 11.9. The summed E-state index contributed by atoms with van der Waals surface area (Å²) in [6, 6.07) is 7.37. The number of carbonyl (C=O) groups is 1. The van der Waals surface area contributed by atoms with Crippen LogP contribution in [0.4, 0.5) is 0 Å². The van der Waals surface area contributed by atoms with Crippen molar-refractivity contribution in [2.24, 2.45) is 0 Å². The van der Waals surface area contributed by atoms with Crippen LogP contribution >= 0.6 is 0 Å². The molecular formula is C17H21NO2. The minimum Gasteiger partial charge on any atom is -0.395 e. The first kappa shape index (κ1) is 14.6. The molecule has 20 heavy (non-hydrogen) atoms. The van der Waals surface area contributed by atoms with Crippen molar-refractivity contribution in [3.63, 3.8) is 0 Å². The van der Waals surface area contributed by atoms with Gasteiger partial charge in [-0.05, 0) is 31.9 Å². The van der Waals surface area contributed by atoms with Crippen LogP contribution in [0.5, 0.6) is 0 Å². The fourth-order valence-electron chi connectivity index (χ4n) is 2.63. The van der Waals surface area contributed by atoms with Crippen LogP contribution in [0.3, 0.4) is 0 Å². The first-order chi connectivity index (χ1) is 9.64. The molecule has 0 heterocycles. The highest BCUT2D eigenvalue weighted by Gasteiger charge is 2.30. The molecule has 1 aromatic rings. The first-order valence-corrected chi connectivity index (χ1v) is 7.16. The molecule has 0 atom stereocenters. The number of rotatable bonds is 3. The molecule has 1 aliphatic carbocycles. The highest BCUT2D eigenvalue weighted by atomic mass is 16.2. The van der Waals surface area contributed by atoms with Gasteiger partial charge in [0, 0.05) is 17.5 Å². The molecule has 1 aliphatic rings. The number of aliphatic hydroxyl groups is 1. The smallest absolute Gasteiger partial charge is 0.252 e. The van der Waals surface area contributed by atoms with E-state index in [0.717, 1.165) is 18.4 Å². The Kier molecular flexibility index (Phi) is 4.81. The van der Waals surface area contributed by atoms with Gasteiger partial charge >= 0.3 is 0 Å². The standard InChI is InChI=1S/C17H21NO2/c1-17(11-5-6-12-17)18-16(20)15-10-3-2-8-14(15)9-4-7-13-19/h2-3,8,10,19H,5-7,11-13H2,1H3,(H,18,20). The number of amides is 1. The molecule has 2 rings (SSSR count). The van der Waals surface area contributed by atoms with Crippen molar-refractivity contribution in [1.29, 1.82) is 0 Å². The lowest BCUT2D eigenvalue weighted by Gasteiger charge is -2.25. The van der Waals surface area contributed by atoms with E-state index >= 15 is 0 Å². The molecule has 0 spiro atoms. The molecule has 2 N–H and O–H groups in total. The second kappa shape index (κ2) is 6.58. The summed E-state index contributed by atoms with van der Waals surface area (Å²) in [7, 11) is 0. The molecule has 1 saturated carbocycles. The third kappa shape index (κ3) is 3.61. The van der Waals surface area contributed by atoms with Crippen LogP contribution < -0.4 is 5.32 Å². The predicted molar refractivity (Wildman–Crippen MR) is 79.4 cm³/mol. The van der Waals surface area contributed by atoms with Gasteiger partial charge in [-0.15, -0.1) is 0 Å². The number of hydrogen-bond acceptors (Lipinski definition) is 2. The van der Waals surface area contributed by atoms with Gasteiger partial charge in [-0.2, -0.15) is 0 Å². The third-order valence-corrected chi connectivity index (χ3v) is 3.75. The molecule has 106 valence electrons. The summed E-state index contributed by atoms with van der Waals surface area (Å²) < 4.78 is 0. The molecule has 1 fully saturated rings. The lowest BCUT2D eigenvalue weighted by molar-refractivity contribution is 0.0908. The average molecular weight is 271 g/mol.